The van der Waals surface area contributed by atoms with Crippen molar-refractivity contribution in [3.05, 3.63) is 42.2 Å². The zero-order chi connectivity index (χ0) is 16.2. The van der Waals surface area contributed by atoms with E-state index in [4.69, 9.17) is 9.47 Å². The van der Waals surface area contributed by atoms with E-state index in [1.54, 1.807) is 25.2 Å². The fourth-order valence-corrected chi connectivity index (χ4v) is 2.78. The van der Waals surface area contributed by atoms with Gasteiger partial charge in [0.1, 0.15) is 11.5 Å². The highest BCUT2D eigenvalue weighted by atomic mass is 16.5. The highest BCUT2D eigenvalue weighted by Gasteiger charge is 2.32. The molecule has 0 aliphatic carbocycles. The first-order valence-electron chi connectivity index (χ1n) is 7.61. The van der Waals surface area contributed by atoms with E-state index >= 15 is 0 Å². The summed E-state index contributed by atoms with van der Waals surface area (Å²) in [5.41, 5.74) is 1.87. The summed E-state index contributed by atoms with van der Waals surface area (Å²) in [7, 11) is 3.20. The number of rotatable bonds is 6. The fraction of sp³-hybridized carbons (Fsp3) is 0.353. The normalized spacial score (nSPS) is 17.6. The number of anilines is 1. The number of nitrogens with zero attached hydrogens (tertiary/aromatic N) is 1. The van der Waals surface area contributed by atoms with Gasteiger partial charge in [-0.1, -0.05) is 0 Å². The number of H-pyrrole nitrogens is 1. The van der Waals surface area contributed by atoms with Gasteiger partial charge in [-0.15, -0.1) is 0 Å². The van der Waals surface area contributed by atoms with Crippen molar-refractivity contribution in [3.8, 4) is 11.5 Å². The van der Waals surface area contributed by atoms with Crippen LogP contribution in [0.2, 0.25) is 0 Å². The van der Waals surface area contributed by atoms with Gasteiger partial charge >= 0.3 is 0 Å². The predicted octanol–water partition coefficient (Wildman–Crippen LogP) is 1.93. The molecule has 1 aromatic heterocycles. The van der Waals surface area contributed by atoms with E-state index in [1.807, 2.05) is 30.5 Å². The monoisotopic (exact) mass is 315 g/mol. The van der Waals surface area contributed by atoms with Crippen molar-refractivity contribution in [2.24, 2.45) is 0 Å². The number of carbonyl (C=O) groups excluding carboxylic acids is 1. The summed E-state index contributed by atoms with van der Waals surface area (Å²) in [5.74, 6) is 1.43. The maximum absolute atomic E-state index is 12.6. The lowest BCUT2D eigenvalue weighted by Gasteiger charge is -2.19. The first-order valence-corrected chi connectivity index (χ1v) is 7.61. The van der Waals surface area contributed by atoms with Crippen LogP contribution in [0.25, 0.3) is 0 Å². The van der Waals surface area contributed by atoms with Crippen LogP contribution in [0.4, 0.5) is 5.69 Å². The topological polar surface area (TPSA) is 66.6 Å². The largest absolute Gasteiger partial charge is 0.497 e. The Bertz CT molecular complexity index is 647. The maximum Gasteiger partial charge on any atom is 0.244 e. The van der Waals surface area contributed by atoms with Gasteiger partial charge in [-0.05, 0) is 18.6 Å². The summed E-state index contributed by atoms with van der Waals surface area (Å²) in [4.78, 5) is 17.5. The van der Waals surface area contributed by atoms with E-state index in [0.717, 1.165) is 17.8 Å². The minimum absolute atomic E-state index is 0.0758. The molecule has 1 aliphatic heterocycles. The van der Waals surface area contributed by atoms with Crippen molar-refractivity contribution < 1.29 is 14.3 Å². The third kappa shape index (κ3) is 3.32. The summed E-state index contributed by atoms with van der Waals surface area (Å²) in [6.07, 6.45) is 2.65. The number of ether oxygens (including phenoxy) is 2. The third-order valence-electron chi connectivity index (χ3n) is 4.05. The van der Waals surface area contributed by atoms with Crippen LogP contribution in [-0.4, -0.2) is 37.7 Å². The second-order valence-electron chi connectivity index (χ2n) is 5.48. The zero-order valence-corrected chi connectivity index (χ0v) is 13.3. The van der Waals surface area contributed by atoms with Crippen molar-refractivity contribution in [2.75, 3.05) is 25.7 Å². The molecule has 6 nitrogen and oxygen atoms in total. The second-order valence-corrected chi connectivity index (χ2v) is 5.48. The van der Waals surface area contributed by atoms with Gasteiger partial charge in [0.25, 0.3) is 0 Å². The molecule has 0 saturated carbocycles. The predicted molar refractivity (Wildman–Crippen MR) is 87.9 cm³/mol. The fourth-order valence-electron chi connectivity index (χ4n) is 2.78. The molecule has 1 atom stereocenters. The summed E-state index contributed by atoms with van der Waals surface area (Å²) in [5, 5.41) is 3.31. The van der Waals surface area contributed by atoms with Crippen LogP contribution in [0.1, 0.15) is 12.1 Å². The molecule has 1 aromatic carbocycles. The molecule has 1 aliphatic rings. The van der Waals surface area contributed by atoms with Crippen LogP contribution in [0, 0.1) is 0 Å². The number of hydrogen-bond acceptors (Lipinski definition) is 4. The van der Waals surface area contributed by atoms with E-state index in [0.29, 0.717) is 24.6 Å². The molecule has 1 unspecified atom stereocenters. The van der Waals surface area contributed by atoms with Crippen molar-refractivity contribution in [2.45, 2.75) is 19.0 Å². The lowest BCUT2D eigenvalue weighted by atomic mass is 10.2. The maximum atomic E-state index is 12.6. The quantitative estimate of drug-likeness (QED) is 0.855. The van der Waals surface area contributed by atoms with Crippen molar-refractivity contribution in [1.82, 2.24) is 10.3 Å². The van der Waals surface area contributed by atoms with Gasteiger partial charge in [0, 0.05) is 43.2 Å². The molecular weight excluding hydrogens is 294 g/mol. The average Bonchev–Trinajstić information content (AvgIpc) is 3.22. The van der Waals surface area contributed by atoms with E-state index in [2.05, 4.69) is 10.3 Å². The highest BCUT2D eigenvalue weighted by Crippen LogP contribution is 2.30. The van der Waals surface area contributed by atoms with Gasteiger partial charge in [0.05, 0.1) is 25.9 Å². The molecule has 2 aromatic rings. The van der Waals surface area contributed by atoms with Gasteiger partial charge in [-0.3, -0.25) is 4.79 Å². The van der Waals surface area contributed by atoms with E-state index < -0.39 is 0 Å². The minimum atomic E-state index is -0.171. The van der Waals surface area contributed by atoms with Gasteiger partial charge in [0.2, 0.25) is 5.91 Å². The number of aromatic nitrogens is 1. The third-order valence-corrected chi connectivity index (χ3v) is 4.05. The number of benzene rings is 1. The summed E-state index contributed by atoms with van der Waals surface area (Å²) in [6.45, 7) is 1.33. The zero-order valence-electron chi connectivity index (χ0n) is 13.3. The minimum Gasteiger partial charge on any atom is -0.497 e. The number of methoxy groups -OCH3 is 2. The highest BCUT2D eigenvalue weighted by molar-refractivity contribution is 5.99. The number of carbonyl (C=O) groups is 1. The lowest BCUT2D eigenvalue weighted by molar-refractivity contribution is -0.118. The SMILES string of the molecule is COc1cc(OC)cc(N2CCC(NCc3ccc[nH]3)C2=O)c1. The number of nitrogens with one attached hydrogen (secondary N) is 2. The summed E-state index contributed by atoms with van der Waals surface area (Å²) in [6, 6.07) is 9.28. The number of amides is 1. The molecule has 0 spiro atoms. The van der Waals surface area contributed by atoms with Crippen LogP contribution < -0.4 is 19.7 Å². The van der Waals surface area contributed by atoms with Gasteiger partial charge < -0.3 is 24.7 Å². The molecule has 3 rings (SSSR count). The van der Waals surface area contributed by atoms with E-state index in [9.17, 15) is 4.79 Å². The molecule has 2 heterocycles. The molecular formula is C17H21N3O3. The second kappa shape index (κ2) is 6.75. The van der Waals surface area contributed by atoms with Crippen LogP contribution in [0.3, 0.4) is 0 Å². The lowest BCUT2D eigenvalue weighted by Crippen LogP contribution is -2.38. The molecule has 1 fully saturated rings. The Kier molecular flexibility index (Phi) is 4.52. The van der Waals surface area contributed by atoms with Crippen molar-refractivity contribution in [3.63, 3.8) is 0 Å². The molecule has 122 valence electrons. The van der Waals surface area contributed by atoms with Gasteiger partial charge in [-0.25, -0.2) is 0 Å². The first kappa shape index (κ1) is 15.4. The summed E-state index contributed by atoms with van der Waals surface area (Å²) >= 11 is 0. The molecule has 1 saturated heterocycles. The smallest absolute Gasteiger partial charge is 0.244 e. The van der Waals surface area contributed by atoms with Gasteiger partial charge in [-0.2, -0.15) is 0 Å². The Morgan fingerprint density at radius 3 is 2.61 bits per heavy atom. The molecule has 1 amide bonds. The number of aromatic amines is 1. The van der Waals surface area contributed by atoms with Gasteiger partial charge in [0.15, 0.2) is 0 Å². The van der Waals surface area contributed by atoms with Crippen LogP contribution in [0.15, 0.2) is 36.5 Å². The first-order chi connectivity index (χ1) is 11.2. The van der Waals surface area contributed by atoms with Crippen molar-refractivity contribution in [1.29, 1.82) is 0 Å². The Morgan fingerprint density at radius 1 is 1.26 bits per heavy atom. The molecule has 23 heavy (non-hydrogen) atoms. The Labute approximate surface area is 135 Å². The molecule has 6 heteroatoms. The number of hydrogen-bond donors (Lipinski definition) is 2. The average molecular weight is 315 g/mol. The summed E-state index contributed by atoms with van der Waals surface area (Å²) < 4.78 is 10.6. The van der Waals surface area contributed by atoms with Crippen LogP contribution >= 0.6 is 0 Å². The molecule has 2 N–H and O–H groups in total. The Balaban J connectivity index is 1.71. The van der Waals surface area contributed by atoms with Crippen LogP contribution in [-0.2, 0) is 11.3 Å². The van der Waals surface area contributed by atoms with Crippen LogP contribution in [0.5, 0.6) is 11.5 Å². The Morgan fingerprint density at radius 2 is 2.00 bits per heavy atom. The molecule has 0 bridgehead atoms. The standard InChI is InChI=1S/C17H21N3O3/c1-22-14-8-13(9-15(10-14)23-2)20-7-5-16(17(20)21)19-11-12-4-3-6-18-12/h3-4,6,8-10,16,18-19H,5,7,11H2,1-2H3. The van der Waals surface area contributed by atoms with Crippen molar-refractivity contribution >= 4 is 11.6 Å². The Hall–Kier alpha value is -2.47. The van der Waals surface area contributed by atoms with E-state index in [1.165, 1.54) is 0 Å². The molecule has 0 radical (unpaired) electrons. The van der Waals surface area contributed by atoms with E-state index in [-0.39, 0.29) is 11.9 Å².